The predicted molar refractivity (Wildman–Crippen MR) is 77.8 cm³/mol. The Morgan fingerprint density at radius 3 is 2.33 bits per heavy atom. The molecule has 0 spiro atoms. The van der Waals surface area contributed by atoms with Crippen LogP contribution < -0.4 is 0 Å². The SMILES string of the molecule is CCN1CCN(C(C)(C)C)[C@H](c2ccccc2)C1. The Hall–Kier alpha value is -0.860. The van der Waals surface area contributed by atoms with E-state index in [0.29, 0.717) is 6.04 Å². The maximum Gasteiger partial charge on any atom is 0.0480 e. The fraction of sp³-hybridized carbons (Fsp3) is 0.625. The van der Waals surface area contributed by atoms with Gasteiger partial charge in [0.15, 0.2) is 0 Å². The minimum Gasteiger partial charge on any atom is -0.300 e. The van der Waals surface area contributed by atoms with Crippen LogP contribution in [0.1, 0.15) is 39.3 Å². The molecule has 1 aliphatic heterocycles. The summed E-state index contributed by atoms with van der Waals surface area (Å²) in [4.78, 5) is 5.20. The van der Waals surface area contributed by atoms with E-state index < -0.39 is 0 Å². The predicted octanol–water partition coefficient (Wildman–Crippen LogP) is 3.16. The van der Waals surface area contributed by atoms with Gasteiger partial charge in [0, 0.05) is 31.2 Å². The van der Waals surface area contributed by atoms with Crippen LogP contribution in [-0.4, -0.2) is 41.5 Å². The van der Waals surface area contributed by atoms with Crippen LogP contribution in [0, 0.1) is 0 Å². The standard InChI is InChI=1S/C16H26N2/c1-5-17-11-12-18(16(2,3)4)15(13-17)14-9-7-6-8-10-14/h6-10,15H,5,11-13H2,1-4H3/t15-/m0/s1. The molecule has 0 N–H and O–H groups in total. The fourth-order valence-corrected chi connectivity index (χ4v) is 2.89. The fourth-order valence-electron chi connectivity index (χ4n) is 2.89. The normalized spacial score (nSPS) is 23.2. The van der Waals surface area contributed by atoms with Crippen LogP contribution in [0.2, 0.25) is 0 Å². The number of likely N-dealkylation sites (N-methyl/N-ethyl adjacent to an activating group) is 1. The molecule has 100 valence electrons. The van der Waals surface area contributed by atoms with Gasteiger partial charge in [0.2, 0.25) is 0 Å². The molecule has 2 heteroatoms. The number of hydrogen-bond donors (Lipinski definition) is 0. The van der Waals surface area contributed by atoms with Gasteiger partial charge in [-0.15, -0.1) is 0 Å². The molecule has 0 saturated carbocycles. The van der Waals surface area contributed by atoms with Crippen molar-refractivity contribution in [2.45, 2.75) is 39.3 Å². The summed E-state index contributed by atoms with van der Waals surface area (Å²) in [6, 6.07) is 11.5. The van der Waals surface area contributed by atoms with E-state index >= 15 is 0 Å². The van der Waals surface area contributed by atoms with Crippen molar-refractivity contribution < 1.29 is 0 Å². The van der Waals surface area contributed by atoms with Crippen LogP contribution in [0.15, 0.2) is 30.3 Å². The Morgan fingerprint density at radius 2 is 1.78 bits per heavy atom. The Kier molecular flexibility index (Phi) is 4.08. The van der Waals surface area contributed by atoms with Gasteiger partial charge in [-0.1, -0.05) is 37.3 Å². The van der Waals surface area contributed by atoms with Gasteiger partial charge < -0.3 is 4.90 Å². The second kappa shape index (κ2) is 5.41. The van der Waals surface area contributed by atoms with Crippen LogP contribution in [0.5, 0.6) is 0 Å². The Labute approximate surface area is 112 Å². The number of piperazine rings is 1. The molecule has 0 aliphatic carbocycles. The molecule has 1 aromatic carbocycles. The van der Waals surface area contributed by atoms with Gasteiger partial charge in [-0.2, -0.15) is 0 Å². The lowest BCUT2D eigenvalue weighted by molar-refractivity contribution is 0.0107. The zero-order chi connectivity index (χ0) is 13.2. The van der Waals surface area contributed by atoms with Gasteiger partial charge in [0.05, 0.1) is 0 Å². The molecular weight excluding hydrogens is 220 g/mol. The van der Waals surface area contributed by atoms with Crippen molar-refractivity contribution in [1.82, 2.24) is 9.80 Å². The molecule has 0 amide bonds. The largest absolute Gasteiger partial charge is 0.300 e. The first-order valence-corrected chi connectivity index (χ1v) is 7.06. The van der Waals surface area contributed by atoms with Crippen molar-refractivity contribution in [1.29, 1.82) is 0 Å². The summed E-state index contributed by atoms with van der Waals surface area (Å²) in [7, 11) is 0. The molecule has 0 radical (unpaired) electrons. The third-order valence-electron chi connectivity index (χ3n) is 3.96. The molecule has 1 aromatic rings. The molecule has 0 bridgehead atoms. The first-order valence-electron chi connectivity index (χ1n) is 7.06. The number of benzene rings is 1. The van der Waals surface area contributed by atoms with Crippen molar-refractivity contribution >= 4 is 0 Å². The number of hydrogen-bond acceptors (Lipinski definition) is 2. The van der Waals surface area contributed by atoms with E-state index in [1.165, 1.54) is 12.1 Å². The van der Waals surface area contributed by atoms with Crippen LogP contribution in [0.3, 0.4) is 0 Å². The van der Waals surface area contributed by atoms with Crippen LogP contribution in [-0.2, 0) is 0 Å². The quantitative estimate of drug-likeness (QED) is 0.791. The second-order valence-electron chi connectivity index (χ2n) is 6.18. The second-order valence-corrected chi connectivity index (χ2v) is 6.18. The van der Waals surface area contributed by atoms with E-state index in [9.17, 15) is 0 Å². The molecule has 1 fully saturated rings. The molecule has 1 aliphatic rings. The van der Waals surface area contributed by atoms with Gasteiger partial charge in [-0.05, 0) is 32.9 Å². The Morgan fingerprint density at radius 1 is 1.11 bits per heavy atom. The highest BCUT2D eigenvalue weighted by molar-refractivity contribution is 5.20. The van der Waals surface area contributed by atoms with Gasteiger partial charge in [0.1, 0.15) is 0 Å². The minimum absolute atomic E-state index is 0.236. The van der Waals surface area contributed by atoms with E-state index in [1.807, 2.05) is 0 Å². The van der Waals surface area contributed by atoms with Crippen LogP contribution >= 0.6 is 0 Å². The maximum atomic E-state index is 2.65. The average Bonchev–Trinajstić information content (AvgIpc) is 2.38. The van der Waals surface area contributed by atoms with Gasteiger partial charge >= 0.3 is 0 Å². The van der Waals surface area contributed by atoms with E-state index in [2.05, 4.69) is 67.8 Å². The summed E-state index contributed by atoms with van der Waals surface area (Å²) in [5, 5.41) is 0. The third-order valence-corrected chi connectivity index (χ3v) is 3.96. The van der Waals surface area contributed by atoms with E-state index in [-0.39, 0.29) is 5.54 Å². The van der Waals surface area contributed by atoms with Crippen molar-refractivity contribution in [2.24, 2.45) is 0 Å². The highest BCUT2D eigenvalue weighted by atomic mass is 15.3. The molecule has 2 rings (SSSR count). The van der Waals surface area contributed by atoms with Crippen LogP contribution in [0.4, 0.5) is 0 Å². The summed E-state index contributed by atoms with van der Waals surface area (Å²) in [6.45, 7) is 13.9. The topological polar surface area (TPSA) is 6.48 Å². The molecule has 1 atom stereocenters. The zero-order valence-electron chi connectivity index (χ0n) is 12.2. The summed E-state index contributed by atoms with van der Waals surface area (Å²) >= 11 is 0. The number of rotatable bonds is 2. The van der Waals surface area contributed by atoms with E-state index in [4.69, 9.17) is 0 Å². The maximum absolute atomic E-state index is 2.65. The van der Waals surface area contributed by atoms with Gasteiger partial charge in [-0.25, -0.2) is 0 Å². The molecule has 0 unspecified atom stereocenters. The molecule has 18 heavy (non-hydrogen) atoms. The van der Waals surface area contributed by atoms with Crippen LogP contribution in [0.25, 0.3) is 0 Å². The smallest absolute Gasteiger partial charge is 0.0480 e. The highest BCUT2D eigenvalue weighted by Crippen LogP contribution is 2.31. The summed E-state index contributed by atoms with van der Waals surface area (Å²) in [6.07, 6.45) is 0. The third kappa shape index (κ3) is 2.93. The monoisotopic (exact) mass is 246 g/mol. The first kappa shape index (κ1) is 13.6. The highest BCUT2D eigenvalue weighted by Gasteiger charge is 2.34. The first-order chi connectivity index (χ1) is 8.52. The molecule has 0 aromatic heterocycles. The number of nitrogens with zero attached hydrogens (tertiary/aromatic N) is 2. The lowest BCUT2D eigenvalue weighted by atomic mass is 9.95. The van der Waals surface area contributed by atoms with E-state index in [0.717, 1.165) is 19.6 Å². The summed E-state index contributed by atoms with van der Waals surface area (Å²) < 4.78 is 0. The molecule has 1 heterocycles. The van der Waals surface area contributed by atoms with Gasteiger partial charge in [-0.3, -0.25) is 4.90 Å². The molecule has 1 saturated heterocycles. The molecule has 2 nitrogen and oxygen atoms in total. The minimum atomic E-state index is 0.236. The zero-order valence-corrected chi connectivity index (χ0v) is 12.2. The van der Waals surface area contributed by atoms with Crippen molar-refractivity contribution in [3.63, 3.8) is 0 Å². The Bertz CT molecular complexity index is 366. The molecular formula is C16H26N2. The average molecular weight is 246 g/mol. The lowest BCUT2D eigenvalue weighted by Gasteiger charge is -2.48. The summed E-state index contributed by atoms with van der Waals surface area (Å²) in [5.41, 5.74) is 1.69. The lowest BCUT2D eigenvalue weighted by Crippen LogP contribution is -2.54. The Balaban J connectivity index is 2.25. The van der Waals surface area contributed by atoms with Crippen molar-refractivity contribution in [3.8, 4) is 0 Å². The van der Waals surface area contributed by atoms with E-state index in [1.54, 1.807) is 0 Å². The summed E-state index contributed by atoms with van der Waals surface area (Å²) in [5.74, 6) is 0. The van der Waals surface area contributed by atoms with Crippen molar-refractivity contribution in [3.05, 3.63) is 35.9 Å². The van der Waals surface area contributed by atoms with Gasteiger partial charge in [0.25, 0.3) is 0 Å². The van der Waals surface area contributed by atoms with Crippen molar-refractivity contribution in [2.75, 3.05) is 26.2 Å².